The van der Waals surface area contributed by atoms with Crippen LogP contribution in [0.1, 0.15) is 82.3 Å². The molecule has 39 heavy (non-hydrogen) atoms. The predicted molar refractivity (Wildman–Crippen MR) is 153 cm³/mol. The van der Waals surface area contributed by atoms with Gasteiger partial charge in [0.1, 0.15) is 11.4 Å². The van der Waals surface area contributed by atoms with Crippen molar-refractivity contribution in [2.45, 2.75) is 82.8 Å². The number of nitrogens with zero attached hydrogens (tertiary/aromatic N) is 1. The Morgan fingerprint density at radius 2 is 1.74 bits per heavy atom. The molecule has 1 heterocycles. The van der Waals surface area contributed by atoms with E-state index in [0.717, 1.165) is 63.2 Å². The van der Waals surface area contributed by atoms with Crippen molar-refractivity contribution in [2.75, 3.05) is 36.5 Å². The van der Waals surface area contributed by atoms with Gasteiger partial charge < -0.3 is 25.4 Å². The molecule has 2 aromatic rings. The van der Waals surface area contributed by atoms with Gasteiger partial charge in [0.05, 0.1) is 6.10 Å². The topological polar surface area (TPSA) is 108 Å². The molecule has 3 atom stereocenters. The molecule has 8 heteroatoms. The van der Waals surface area contributed by atoms with Crippen LogP contribution in [0.4, 0.5) is 16.2 Å². The molecule has 2 aliphatic carbocycles. The van der Waals surface area contributed by atoms with E-state index in [4.69, 9.17) is 4.74 Å². The van der Waals surface area contributed by atoms with Crippen molar-refractivity contribution in [3.05, 3.63) is 56.3 Å². The molecule has 3 N–H and O–H groups in total. The van der Waals surface area contributed by atoms with Crippen molar-refractivity contribution in [1.29, 1.82) is 0 Å². The van der Waals surface area contributed by atoms with E-state index < -0.39 is 17.0 Å². The molecule has 0 aromatic heterocycles. The predicted octanol–water partition coefficient (Wildman–Crippen LogP) is 5.08. The molecule has 0 spiro atoms. The highest BCUT2D eigenvalue weighted by molar-refractivity contribution is 5.76. The third-order valence-corrected chi connectivity index (χ3v) is 8.93. The maximum atomic E-state index is 12.9. The van der Waals surface area contributed by atoms with E-state index in [2.05, 4.69) is 27.7 Å². The molecule has 3 aliphatic rings. The molecule has 3 fully saturated rings. The zero-order valence-corrected chi connectivity index (χ0v) is 22.9. The smallest absolute Gasteiger partial charge is 0.404 e. The molecule has 2 unspecified atom stereocenters. The molecule has 1 saturated heterocycles. The van der Waals surface area contributed by atoms with Crippen LogP contribution < -0.4 is 26.4 Å². The number of amides is 1. The number of carboxylic acid groups (broad SMARTS) is 1. The van der Waals surface area contributed by atoms with Gasteiger partial charge in [0.2, 0.25) is 0 Å². The van der Waals surface area contributed by atoms with Gasteiger partial charge in [-0.15, -0.1) is 0 Å². The molecule has 5 rings (SSSR count). The lowest BCUT2D eigenvalue weighted by Crippen LogP contribution is -2.49. The minimum absolute atomic E-state index is 0.0468. The van der Waals surface area contributed by atoms with Crippen molar-refractivity contribution >= 4 is 17.5 Å². The Hall–Kier alpha value is -2.87. The molecule has 1 amide bonds. The van der Waals surface area contributed by atoms with E-state index in [-0.39, 0.29) is 24.6 Å². The van der Waals surface area contributed by atoms with E-state index in [0.29, 0.717) is 23.8 Å². The van der Waals surface area contributed by atoms with Crippen LogP contribution in [-0.4, -0.2) is 43.5 Å². The summed E-state index contributed by atoms with van der Waals surface area (Å²) < 4.78 is 6.50. The quantitative estimate of drug-likeness (QED) is 0.306. The first-order valence-electron chi connectivity index (χ1n) is 15.0. The van der Waals surface area contributed by atoms with Crippen LogP contribution in [0.15, 0.2) is 39.9 Å². The summed E-state index contributed by atoms with van der Waals surface area (Å²) in [5.74, 6) is 1.52. The monoisotopic (exact) mass is 537 g/mol. The summed E-state index contributed by atoms with van der Waals surface area (Å²) in [6.07, 6.45) is 11.2. The van der Waals surface area contributed by atoms with Crippen molar-refractivity contribution in [1.82, 2.24) is 5.32 Å². The minimum atomic E-state index is -1.08. The Balaban J connectivity index is 1.30. The Labute approximate surface area is 230 Å². The highest BCUT2D eigenvalue weighted by atomic mass is 16.5. The highest BCUT2D eigenvalue weighted by Crippen LogP contribution is 2.38. The third kappa shape index (κ3) is 7.21. The zero-order chi connectivity index (χ0) is 27.2. The summed E-state index contributed by atoms with van der Waals surface area (Å²) in [6, 6.07) is 10.1. The van der Waals surface area contributed by atoms with Crippen LogP contribution in [0.2, 0.25) is 0 Å². The first kappa shape index (κ1) is 27.7. The summed E-state index contributed by atoms with van der Waals surface area (Å²) in [6.45, 7) is 2.33. The second-order valence-electron chi connectivity index (χ2n) is 11.9. The van der Waals surface area contributed by atoms with E-state index in [1.54, 1.807) is 0 Å². The number of hydrogen-bond acceptors (Lipinski definition) is 6. The molecule has 2 saturated carbocycles. The fraction of sp³-hybridized carbons (Fsp3) is 0.645. The first-order chi connectivity index (χ1) is 19.0. The van der Waals surface area contributed by atoms with Crippen molar-refractivity contribution < 1.29 is 14.6 Å². The van der Waals surface area contributed by atoms with Crippen LogP contribution in [-0.2, 0) is 4.74 Å². The molecule has 0 bridgehead atoms. The first-order valence-corrected chi connectivity index (χ1v) is 15.0. The van der Waals surface area contributed by atoms with Crippen LogP contribution in [0.25, 0.3) is 0 Å². The molecular weight excluding hydrogens is 494 g/mol. The number of nitrogens with one attached hydrogen (secondary N) is 2. The van der Waals surface area contributed by atoms with Gasteiger partial charge in [-0.25, -0.2) is 4.79 Å². The number of anilines is 2. The van der Waals surface area contributed by atoms with Gasteiger partial charge >= 0.3 is 6.09 Å². The lowest BCUT2D eigenvalue weighted by atomic mass is 9.84. The zero-order valence-electron chi connectivity index (χ0n) is 22.9. The lowest BCUT2D eigenvalue weighted by molar-refractivity contribution is 0.00303. The summed E-state index contributed by atoms with van der Waals surface area (Å²) >= 11 is 0. The number of hydrogen-bond donors (Lipinski definition) is 3. The average molecular weight is 538 g/mol. The number of benzene rings is 1. The largest absolute Gasteiger partial charge is 0.465 e. The number of rotatable bonds is 13. The maximum Gasteiger partial charge on any atom is 0.404 e. The Bertz CT molecular complexity index is 1150. The molecule has 212 valence electrons. The second kappa shape index (κ2) is 13.0. The highest BCUT2D eigenvalue weighted by Gasteiger charge is 2.35. The maximum absolute atomic E-state index is 12.9. The standard InChI is InChI=1S/C31H43N3O5/c35-28-26(33-25(19-32-31(37)38)18-22-8-3-1-4-9-22)27(29(28)36)34-16-7-12-24(20-34)30(23-10-5-2-6-11-23)39-17-15-21-13-14-21/h2,5-6,10-11,21-22,24-25,30,32-33H,1,3-4,7-9,12-20H2,(H,37,38)/t24?,25-,30?/m0/s1. The number of ether oxygens (including phenoxy) is 1. The van der Waals surface area contributed by atoms with E-state index in [1.165, 1.54) is 32.1 Å². The minimum Gasteiger partial charge on any atom is -0.465 e. The molecular formula is C31H43N3O5. The summed E-state index contributed by atoms with van der Waals surface area (Å²) in [4.78, 5) is 39.0. The van der Waals surface area contributed by atoms with E-state index in [9.17, 15) is 19.5 Å². The van der Waals surface area contributed by atoms with E-state index >= 15 is 0 Å². The van der Waals surface area contributed by atoms with Crippen molar-refractivity contribution in [2.24, 2.45) is 17.8 Å². The van der Waals surface area contributed by atoms with Crippen LogP contribution in [0, 0.1) is 17.8 Å². The van der Waals surface area contributed by atoms with Crippen molar-refractivity contribution in [3.63, 3.8) is 0 Å². The van der Waals surface area contributed by atoms with Crippen molar-refractivity contribution in [3.8, 4) is 0 Å². The SMILES string of the molecule is O=C(O)NC[C@H](CC1CCCCC1)Nc1c(N2CCCC(C(OCCC3CC3)c3ccccc3)C2)c(=O)c1=O. The van der Waals surface area contributed by atoms with Gasteiger partial charge in [-0.1, -0.05) is 75.3 Å². The lowest BCUT2D eigenvalue weighted by Gasteiger charge is -2.39. The average Bonchev–Trinajstić information content (AvgIpc) is 3.79. The molecule has 0 radical (unpaired) electrons. The fourth-order valence-corrected chi connectivity index (χ4v) is 6.62. The Morgan fingerprint density at radius 1 is 0.974 bits per heavy atom. The normalized spacial score (nSPS) is 21.9. The molecule has 1 aliphatic heterocycles. The fourth-order valence-electron chi connectivity index (χ4n) is 6.62. The van der Waals surface area contributed by atoms with Gasteiger partial charge in [0, 0.05) is 38.2 Å². The second-order valence-corrected chi connectivity index (χ2v) is 11.9. The van der Waals surface area contributed by atoms with E-state index in [1.807, 2.05) is 18.2 Å². The van der Waals surface area contributed by atoms with Crippen LogP contribution >= 0.6 is 0 Å². The Kier molecular flexibility index (Phi) is 9.22. The Morgan fingerprint density at radius 3 is 2.46 bits per heavy atom. The van der Waals surface area contributed by atoms with Crippen LogP contribution in [0.3, 0.4) is 0 Å². The third-order valence-electron chi connectivity index (χ3n) is 8.93. The molecule has 8 nitrogen and oxygen atoms in total. The van der Waals surface area contributed by atoms with Gasteiger partial charge in [0.25, 0.3) is 10.9 Å². The number of piperidine rings is 1. The summed E-state index contributed by atoms with van der Waals surface area (Å²) in [5, 5.41) is 15.0. The van der Waals surface area contributed by atoms with Gasteiger partial charge in [-0.05, 0) is 43.1 Å². The number of carbonyl (C=O) groups is 1. The summed E-state index contributed by atoms with van der Waals surface area (Å²) in [5.41, 5.74) is 1.07. The molecule has 2 aromatic carbocycles. The van der Waals surface area contributed by atoms with Crippen LogP contribution in [0.5, 0.6) is 0 Å². The summed E-state index contributed by atoms with van der Waals surface area (Å²) in [7, 11) is 0. The van der Waals surface area contributed by atoms with Gasteiger partial charge in [-0.2, -0.15) is 0 Å². The van der Waals surface area contributed by atoms with Gasteiger partial charge in [-0.3, -0.25) is 9.59 Å². The van der Waals surface area contributed by atoms with Gasteiger partial charge in [0.15, 0.2) is 0 Å².